The third-order valence-corrected chi connectivity index (χ3v) is 6.33. The number of carbonyl (C=O) groups is 3. The van der Waals surface area contributed by atoms with Crippen LogP contribution in [-0.4, -0.2) is 46.7 Å². The van der Waals surface area contributed by atoms with Crippen LogP contribution >= 0.6 is 22.9 Å². The highest BCUT2D eigenvalue weighted by Crippen LogP contribution is 2.34. The lowest BCUT2D eigenvalue weighted by molar-refractivity contribution is 0.0600. The molecule has 0 radical (unpaired) electrons. The van der Waals surface area contributed by atoms with Gasteiger partial charge in [-0.05, 0) is 55.3 Å². The molecule has 0 saturated carbocycles. The van der Waals surface area contributed by atoms with Crippen LogP contribution in [0.2, 0.25) is 5.02 Å². The predicted octanol–water partition coefficient (Wildman–Crippen LogP) is 4.60. The Balaban J connectivity index is 1.42. The number of likely N-dealkylation sites (tertiary alicyclic amines) is 1. The fourth-order valence-corrected chi connectivity index (χ4v) is 4.56. The first-order chi connectivity index (χ1) is 15.9. The smallest absolute Gasteiger partial charge is 0.337 e. The topological polar surface area (TPSA) is 114 Å². The number of carbonyl (C=O) groups excluding carboxylic acids is 3. The van der Waals surface area contributed by atoms with Crippen molar-refractivity contribution in [3.63, 3.8) is 0 Å². The number of hydrogen-bond donors (Lipinski definition) is 2. The van der Waals surface area contributed by atoms with Crippen LogP contribution in [0.25, 0.3) is 0 Å². The summed E-state index contributed by atoms with van der Waals surface area (Å²) < 4.78 is 4.68. The lowest BCUT2D eigenvalue weighted by Gasteiger charge is -2.23. The van der Waals surface area contributed by atoms with Crippen molar-refractivity contribution in [1.29, 1.82) is 0 Å². The Bertz CT molecular complexity index is 1180. The summed E-state index contributed by atoms with van der Waals surface area (Å²) in [6, 6.07) is 12.7. The van der Waals surface area contributed by atoms with E-state index in [0.717, 1.165) is 24.2 Å². The first-order valence-electron chi connectivity index (χ1n) is 10.1. The molecule has 1 aromatic heterocycles. The standard InChI is InChI=1S/C22H20ClN5O4S/c1-32-21(30)13-7-9-15(10-8-13)25-22(31)28-11-3-6-17(28)19-26-27-20(33-19)18(29)24-16-5-2-4-14(23)12-16/h2,4-5,7-10,12,17H,3,6,11H2,1H3,(H,24,29)(H,25,31)/t17-/m0/s1. The molecule has 3 aromatic rings. The van der Waals surface area contributed by atoms with E-state index in [-0.39, 0.29) is 23.0 Å². The second kappa shape index (κ2) is 9.97. The van der Waals surface area contributed by atoms with Gasteiger partial charge in [-0.2, -0.15) is 0 Å². The molecule has 0 unspecified atom stereocenters. The van der Waals surface area contributed by atoms with Gasteiger partial charge in [-0.3, -0.25) is 4.79 Å². The highest BCUT2D eigenvalue weighted by molar-refractivity contribution is 7.13. The number of rotatable bonds is 5. The minimum atomic E-state index is -0.445. The number of anilines is 2. The first-order valence-corrected chi connectivity index (χ1v) is 11.3. The molecule has 0 bridgehead atoms. The van der Waals surface area contributed by atoms with Crippen LogP contribution < -0.4 is 10.6 Å². The molecule has 2 aromatic carbocycles. The van der Waals surface area contributed by atoms with Gasteiger partial charge in [0.2, 0.25) is 5.01 Å². The number of nitrogens with one attached hydrogen (secondary N) is 2. The second-order valence-electron chi connectivity index (χ2n) is 7.26. The molecule has 11 heteroatoms. The number of ether oxygens (including phenoxy) is 1. The van der Waals surface area contributed by atoms with Crippen molar-refractivity contribution in [3.05, 3.63) is 69.1 Å². The molecular formula is C22H20ClN5O4S. The van der Waals surface area contributed by atoms with Crippen LogP contribution in [0.3, 0.4) is 0 Å². The number of nitrogens with zero attached hydrogens (tertiary/aromatic N) is 3. The van der Waals surface area contributed by atoms with E-state index in [0.29, 0.717) is 33.5 Å². The Morgan fingerprint density at radius 2 is 1.88 bits per heavy atom. The molecule has 170 valence electrons. The summed E-state index contributed by atoms with van der Waals surface area (Å²) in [5, 5.41) is 15.1. The van der Waals surface area contributed by atoms with Gasteiger partial charge in [-0.15, -0.1) is 10.2 Å². The summed E-state index contributed by atoms with van der Waals surface area (Å²) >= 11 is 7.11. The van der Waals surface area contributed by atoms with Crippen molar-refractivity contribution in [2.45, 2.75) is 18.9 Å². The van der Waals surface area contributed by atoms with Gasteiger partial charge in [0, 0.05) is 22.9 Å². The third-order valence-electron chi connectivity index (χ3n) is 5.07. The number of methoxy groups -OCH3 is 1. The van der Waals surface area contributed by atoms with Crippen molar-refractivity contribution >= 4 is 52.2 Å². The Morgan fingerprint density at radius 3 is 2.61 bits per heavy atom. The van der Waals surface area contributed by atoms with E-state index in [1.165, 1.54) is 7.11 Å². The molecule has 2 heterocycles. The van der Waals surface area contributed by atoms with Gasteiger partial charge in [0.1, 0.15) is 5.01 Å². The van der Waals surface area contributed by atoms with Crippen molar-refractivity contribution in [1.82, 2.24) is 15.1 Å². The summed E-state index contributed by atoms with van der Waals surface area (Å²) in [7, 11) is 1.31. The minimum Gasteiger partial charge on any atom is -0.465 e. The average molecular weight is 486 g/mol. The second-order valence-corrected chi connectivity index (χ2v) is 8.71. The molecule has 33 heavy (non-hydrogen) atoms. The van der Waals surface area contributed by atoms with Gasteiger partial charge in [0.05, 0.1) is 18.7 Å². The zero-order valence-electron chi connectivity index (χ0n) is 17.6. The van der Waals surface area contributed by atoms with Crippen LogP contribution in [0.15, 0.2) is 48.5 Å². The van der Waals surface area contributed by atoms with E-state index in [4.69, 9.17) is 11.6 Å². The van der Waals surface area contributed by atoms with Crippen LogP contribution in [0, 0.1) is 0 Å². The van der Waals surface area contributed by atoms with Crippen molar-refractivity contribution in [2.75, 3.05) is 24.3 Å². The van der Waals surface area contributed by atoms with E-state index in [2.05, 4.69) is 25.6 Å². The molecule has 1 aliphatic heterocycles. The number of aromatic nitrogens is 2. The van der Waals surface area contributed by atoms with E-state index in [1.807, 2.05) is 0 Å². The van der Waals surface area contributed by atoms with E-state index in [9.17, 15) is 14.4 Å². The van der Waals surface area contributed by atoms with E-state index < -0.39 is 5.97 Å². The molecule has 9 nitrogen and oxygen atoms in total. The summed E-state index contributed by atoms with van der Waals surface area (Å²) in [6.07, 6.45) is 1.53. The molecule has 3 amide bonds. The normalized spacial score (nSPS) is 15.2. The number of benzene rings is 2. The number of amides is 3. The van der Waals surface area contributed by atoms with Gasteiger partial charge in [0.25, 0.3) is 5.91 Å². The Kier molecular flexibility index (Phi) is 6.85. The average Bonchev–Trinajstić information content (AvgIpc) is 3.49. The van der Waals surface area contributed by atoms with Crippen LogP contribution in [-0.2, 0) is 4.74 Å². The van der Waals surface area contributed by atoms with Gasteiger partial charge >= 0.3 is 12.0 Å². The van der Waals surface area contributed by atoms with Crippen molar-refractivity contribution < 1.29 is 19.1 Å². The van der Waals surface area contributed by atoms with Crippen molar-refractivity contribution in [3.8, 4) is 0 Å². The summed E-state index contributed by atoms with van der Waals surface area (Å²) in [6.45, 7) is 0.556. The molecule has 0 aliphatic carbocycles. The molecule has 2 N–H and O–H groups in total. The maximum atomic E-state index is 12.9. The van der Waals surface area contributed by atoms with Gasteiger partial charge in [0.15, 0.2) is 0 Å². The van der Waals surface area contributed by atoms with Crippen LogP contribution in [0.4, 0.5) is 16.2 Å². The summed E-state index contributed by atoms with van der Waals surface area (Å²) in [4.78, 5) is 38.6. The summed E-state index contributed by atoms with van der Waals surface area (Å²) in [5.41, 5.74) is 1.51. The van der Waals surface area contributed by atoms with Crippen molar-refractivity contribution in [2.24, 2.45) is 0 Å². The number of urea groups is 1. The molecule has 1 aliphatic rings. The maximum Gasteiger partial charge on any atom is 0.337 e. The number of halogens is 1. The fraction of sp³-hybridized carbons (Fsp3) is 0.227. The SMILES string of the molecule is COC(=O)c1ccc(NC(=O)N2CCC[C@H]2c2nnc(C(=O)Nc3cccc(Cl)c3)s2)cc1. The highest BCUT2D eigenvalue weighted by Gasteiger charge is 2.33. The minimum absolute atomic E-state index is 0.204. The molecular weight excluding hydrogens is 466 g/mol. The number of hydrogen-bond acceptors (Lipinski definition) is 7. The zero-order chi connectivity index (χ0) is 23.4. The van der Waals surface area contributed by atoms with Gasteiger partial charge in [-0.25, -0.2) is 9.59 Å². The third kappa shape index (κ3) is 5.29. The summed E-state index contributed by atoms with van der Waals surface area (Å²) in [5.74, 6) is -0.834. The Hall–Kier alpha value is -3.50. The van der Waals surface area contributed by atoms with Gasteiger partial charge < -0.3 is 20.3 Å². The molecule has 1 saturated heterocycles. The lowest BCUT2D eigenvalue weighted by atomic mass is 10.2. The largest absolute Gasteiger partial charge is 0.465 e. The lowest BCUT2D eigenvalue weighted by Crippen LogP contribution is -2.34. The fourth-order valence-electron chi connectivity index (χ4n) is 3.48. The van der Waals surface area contributed by atoms with Gasteiger partial charge in [-0.1, -0.05) is 29.0 Å². The zero-order valence-corrected chi connectivity index (χ0v) is 19.2. The first kappa shape index (κ1) is 22.7. The Morgan fingerprint density at radius 1 is 1.09 bits per heavy atom. The van der Waals surface area contributed by atoms with E-state index in [1.54, 1.807) is 53.4 Å². The molecule has 1 atom stereocenters. The monoisotopic (exact) mass is 485 g/mol. The molecule has 1 fully saturated rings. The van der Waals surface area contributed by atoms with Crippen LogP contribution in [0.5, 0.6) is 0 Å². The molecule has 4 rings (SSSR count). The highest BCUT2D eigenvalue weighted by atomic mass is 35.5. The quantitative estimate of drug-likeness (QED) is 0.510. The van der Waals surface area contributed by atoms with Crippen LogP contribution in [0.1, 0.15) is 44.1 Å². The molecule has 0 spiro atoms. The predicted molar refractivity (Wildman–Crippen MR) is 125 cm³/mol. The maximum absolute atomic E-state index is 12.9. The number of esters is 1. The Labute approximate surface area is 198 Å². The van der Waals surface area contributed by atoms with E-state index >= 15 is 0 Å².